The van der Waals surface area contributed by atoms with E-state index in [4.69, 9.17) is 18.6 Å². The largest absolute Gasteiger partial charge is 2.00 e. The molecule has 0 heterocycles. The molecule has 0 N–H and O–H groups in total. The van der Waals surface area contributed by atoms with E-state index < -0.39 is 33.2 Å². The fraction of sp³-hybridized carbons (Fsp3) is 0.115. The summed E-state index contributed by atoms with van der Waals surface area (Å²) >= 11 is 0. The SMILES string of the molecule is C[C@@H](c1[c-]ccc2ccccc12)N(C)C.O=P(c1ccccc1)(c1ccccc1)[C@H](CP(c1ccccc1)c1ccccc1)P(c1ccccc1)c1ccccc1.[O-][Cl+3]([O-])([O-])[O-].[Pd+2]. The standard InChI is InChI=1S/C38H33OP3.C14H16N.ClHO4.Pd/c39-42(36-27-15-5-16-28-36,37-29-17-6-18-30-37)38(41(34-23-11-3-12-24-34)35-25-13-4-14-26-35)31-40(32-19-7-1-8-20-32)33-21-9-2-10-22-33;1-11(15(2)3)13-10-6-8-12-7-4-5-9-14(12)13;2-1(3,4)5;/h1-30,38H,31H2;4-9,11H,1-3H3;(H,2,3,4,5);/q;-1;;+2/p-1/t38-;11-;;/m10../s1. The van der Waals surface area contributed by atoms with Gasteiger partial charge in [0.05, 0.1) is 5.40 Å². The molecule has 0 radical (unpaired) electrons. The number of rotatable bonds is 12. The van der Waals surface area contributed by atoms with Crippen molar-refractivity contribution >= 4 is 65.6 Å². The molecule has 0 aliphatic rings. The predicted molar refractivity (Wildman–Crippen MR) is 251 cm³/mol. The Morgan fingerprint density at radius 1 is 0.540 bits per heavy atom. The van der Waals surface area contributed by atoms with Gasteiger partial charge in [0.15, 0.2) is 7.14 Å². The second-order valence-electron chi connectivity index (χ2n) is 14.6. The van der Waals surface area contributed by atoms with Crippen LogP contribution in [0.2, 0.25) is 0 Å². The fourth-order valence-electron chi connectivity index (χ4n) is 7.35. The molecule has 2 atom stereocenters. The maximum absolute atomic E-state index is 16.3. The van der Waals surface area contributed by atoms with Crippen LogP contribution in [0.15, 0.2) is 218 Å². The third-order valence-corrected chi connectivity index (χ3v) is 21.0. The molecule has 0 saturated heterocycles. The number of hydrogen-bond acceptors (Lipinski definition) is 6. The quantitative estimate of drug-likeness (QED) is 0.0833. The Bertz CT molecular complexity index is 2460. The minimum atomic E-state index is -4.94. The van der Waals surface area contributed by atoms with Crippen LogP contribution in [0, 0.1) is 16.3 Å². The van der Waals surface area contributed by atoms with E-state index >= 15 is 4.57 Å². The molecule has 324 valence electrons. The van der Waals surface area contributed by atoms with E-state index in [1.807, 2.05) is 42.5 Å². The van der Waals surface area contributed by atoms with Gasteiger partial charge in [-0.05, 0) is 64.2 Å². The van der Waals surface area contributed by atoms with E-state index in [-0.39, 0.29) is 25.8 Å². The Hall–Kier alpha value is -4.14. The average Bonchev–Trinajstić information content (AvgIpc) is 3.31. The van der Waals surface area contributed by atoms with Crippen molar-refractivity contribution in [2.75, 3.05) is 20.3 Å². The van der Waals surface area contributed by atoms with E-state index in [2.05, 4.69) is 208 Å². The van der Waals surface area contributed by atoms with E-state index in [0.717, 1.165) is 16.8 Å². The van der Waals surface area contributed by atoms with Crippen molar-refractivity contribution in [3.8, 4) is 0 Å². The molecule has 6 nitrogen and oxygen atoms in total. The normalized spacial score (nSPS) is 12.3. The van der Waals surface area contributed by atoms with Gasteiger partial charge < -0.3 is 9.46 Å². The Balaban J connectivity index is 0.000000295. The number of nitrogens with zero attached hydrogens (tertiary/aromatic N) is 1. The zero-order valence-electron chi connectivity index (χ0n) is 35.2. The van der Waals surface area contributed by atoms with E-state index in [1.54, 1.807) is 0 Å². The van der Waals surface area contributed by atoms with Gasteiger partial charge in [0.1, 0.15) is 0 Å². The maximum Gasteiger partial charge on any atom is 2.00 e. The first kappa shape index (κ1) is 49.9. The Labute approximate surface area is 390 Å². The van der Waals surface area contributed by atoms with Crippen molar-refractivity contribution in [3.63, 3.8) is 0 Å². The molecule has 8 aromatic rings. The molecular weight excluding hydrogens is 953 g/mol. The summed E-state index contributed by atoms with van der Waals surface area (Å²) in [6.07, 6.45) is 0.805. The Kier molecular flexibility index (Phi) is 19.2. The van der Waals surface area contributed by atoms with Crippen LogP contribution in [-0.2, 0) is 25.0 Å². The zero-order valence-corrected chi connectivity index (χ0v) is 40.2. The summed E-state index contributed by atoms with van der Waals surface area (Å²) in [5, 5.41) is 9.46. The summed E-state index contributed by atoms with van der Waals surface area (Å²) < 4.78 is 50.3. The number of fused-ring (bicyclic) bond motifs is 1. The molecule has 8 rings (SSSR count). The minimum absolute atomic E-state index is 0. The minimum Gasteiger partial charge on any atom is -0.313 e. The summed E-state index contributed by atoms with van der Waals surface area (Å²) in [6, 6.07) is 80.1. The van der Waals surface area contributed by atoms with Gasteiger partial charge in [-0.15, -0.1) is 32.6 Å². The van der Waals surface area contributed by atoms with Crippen molar-refractivity contribution < 1.29 is 53.9 Å². The summed E-state index contributed by atoms with van der Waals surface area (Å²) in [4.78, 5) is 2.21. The van der Waals surface area contributed by atoms with Crippen molar-refractivity contribution in [2.24, 2.45) is 0 Å². The van der Waals surface area contributed by atoms with Crippen molar-refractivity contribution in [2.45, 2.75) is 18.4 Å². The van der Waals surface area contributed by atoms with Crippen LogP contribution >= 0.6 is 23.0 Å². The van der Waals surface area contributed by atoms with Gasteiger partial charge in [-0.3, -0.25) is 0 Å². The Morgan fingerprint density at radius 2 is 0.889 bits per heavy atom. The number of halogens is 1. The summed E-state index contributed by atoms with van der Waals surface area (Å²) in [5.74, 6) is 0. The summed E-state index contributed by atoms with van der Waals surface area (Å²) in [6.45, 7) is 2.21. The average molecular weight is 1000 g/mol. The molecule has 0 spiro atoms. The summed E-state index contributed by atoms with van der Waals surface area (Å²) in [5.41, 5.74) is 1.28. The summed E-state index contributed by atoms with van der Waals surface area (Å²) in [7, 11) is -5.73. The molecule has 63 heavy (non-hydrogen) atoms. The monoisotopic (exact) mass is 1000 g/mol. The van der Waals surface area contributed by atoms with Gasteiger partial charge >= 0.3 is 20.4 Å². The first-order chi connectivity index (χ1) is 29.9. The van der Waals surface area contributed by atoms with Crippen LogP contribution in [0.1, 0.15) is 18.5 Å². The molecule has 0 fully saturated rings. The van der Waals surface area contributed by atoms with Crippen LogP contribution < -0.4 is 50.5 Å². The molecule has 8 aromatic carbocycles. The fourth-order valence-corrected chi connectivity index (χ4v) is 19.1. The zero-order chi connectivity index (χ0) is 44.0. The third-order valence-electron chi connectivity index (χ3n) is 10.5. The molecule has 0 aromatic heterocycles. The Morgan fingerprint density at radius 3 is 1.29 bits per heavy atom. The maximum atomic E-state index is 16.3. The first-order valence-electron chi connectivity index (χ1n) is 20.1. The molecule has 0 bridgehead atoms. The molecule has 0 saturated carbocycles. The van der Waals surface area contributed by atoms with Crippen LogP contribution in [0.5, 0.6) is 0 Å². The van der Waals surface area contributed by atoms with E-state index in [1.165, 1.54) is 37.6 Å². The smallest absolute Gasteiger partial charge is 0.313 e. The van der Waals surface area contributed by atoms with Crippen LogP contribution in [-0.4, -0.2) is 30.6 Å². The van der Waals surface area contributed by atoms with Gasteiger partial charge in [0, 0.05) is 16.7 Å². The van der Waals surface area contributed by atoms with E-state index in [9.17, 15) is 0 Å². The van der Waals surface area contributed by atoms with Gasteiger partial charge in [-0.1, -0.05) is 200 Å². The topological polar surface area (TPSA) is 113 Å². The van der Waals surface area contributed by atoms with E-state index in [0.29, 0.717) is 6.04 Å². The third kappa shape index (κ3) is 13.7. The number of hydrogen-bond donors (Lipinski definition) is 0. The predicted octanol–water partition coefficient (Wildman–Crippen LogP) is 6.10. The molecular formula is C52H49ClNO5P3Pd. The number of benzene rings is 8. The molecule has 11 heteroatoms. The first-order valence-corrected chi connectivity index (χ1v) is 26.1. The molecule has 0 unspecified atom stereocenters. The van der Waals surface area contributed by atoms with Crippen molar-refractivity contribution in [1.82, 2.24) is 4.90 Å². The molecule has 0 amide bonds. The van der Waals surface area contributed by atoms with Gasteiger partial charge in [0.25, 0.3) is 0 Å². The van der Waals surface area contributed by atoms with Crippen LogP contribution in [0.4, 0.5) is 0 Å². The van der Waals surface area contributed by atoms with Crippen molar-refractivity contribution in [3.05, 3.63) is 230 Å². The van der Waals surface area contributed by atoms with Gasteiger partial charge in [0.2, 0.25) is 0 Å². The van der Waals surface area contributed by atoms with Crippen LogP contribution in [0.25, 0.3) is 10.8 Å². The van der Waals surface area contributed by atoms with Gasteiger partial charge in [-0.2, -0.15) is 18.2 Å². The van der Waals surface area contributed by atoms with Crippen LogP contribution in [0.3, 0.4) is 0 Å². The molecule has 0 aliphatic carbocycles. The second-order valence-corrected chi connectivity index (χ2v) is 23.4. The second kappa shape index (κ2) is 24.2. The van der Waals surface area contributed by atoms with Crippen molar-refractivity contribution in [1.29, 1.82) is 0 Å². The molecule has 0 aliphatic heterocycles. The van der Waals surface area contributed by atoms with Gasteiger partial charge in [-0.25, -0.2) is 18.6 Å².